The molecule has 7 heteroatoms. The number of hydrogen-bond acceptors (Lipinski definition) is 2. The van der Waals surface area contributed by atoms with Gasteiger partial charge in [-0.3, -0.25) is 9.59 Å². The number of likely N-dealkylation sites (tertiary alicyclic amines) is 1. The second-order valence-electron chi connectivity index (χ2n) is 8.40. The van der Waals surface area contributed by atoms with Crippen LogP contribution in [-0.2, 0) is 22.6 Å². The minimum atomic E-state index is -0.474. The van der Waals surface area contributed by atoms with Crippen LogP contribution in [-0.4, -0.2) is 39.3 Å². The fraction of sp³-hybridized carbons (Fsp3) is 0.280. The van der Waals surface area contributed by atoms with Crippen molar-refractivity contribution in [3.8, 4) is 0 Å². The Morgan fingerprint density at radius 3 is 2.91 bits per heavy atom. The molecular formula is C25H25FN4O2. The fourth-order valence-electron chi connectivity index (χ4n) is 4.76. The molecule has 4 aromatic rings. The number of fused-ring (bicyclic) bond motifs is 2. The number of hydrogen-bond donors (Lipinski definition) is 3. The van der Waals surface area contributed by atoms with Gasteiger partial charge in [-0.25, -0.2) is 4.39 Å². The molecule has 3 heterocycles. The van der Waals surface area contributed by atoms with Gasteiger partial charge in [0.05, 0.1) is 0 Å². The summed E-state index contributed by atoms with van der Waals surface area (Å²) in [5.41, 5.74) is 4.87. The molecule has 0 radical (unpaired) electrons. The number of aryl methyl sites for hydroxylation is 1. The van der Waals surface area contributed by atoms with E-state index in [2.05, 4.69) is 15.3 Å². The number of nitrogens with zero attached hydrogens (tertiary/aromatic N) is 1. The van der Waals surface area contributed by atoms with Gasteiger partial charge in [-0.2, -0.15) is 0 Å². The van der Waals surface area contributed by atoms with E-state index in [0.717, 1.165) is 38.6 Å². The third kappa shape index (κ3) is 3.64. The Kier molecular flexibility index (Phi) is 5.17. The first kappa shape index (κ1) is 20.3. The molecule has 2 amide bonds. The number of rotatable bonds is 6. The number of amides is 2. The molecule has 32 heavy (non-hydrogen) atoms. The van der Waals surface area contributed by atoms with Gasteiger partial charge in [-0.1, -0.05) is 18.2 Å². The van der Waals surface area contributed by atoms with E-state index in [1.807, 2.05) is 37.4 Å². The highest BCUT2D eigenvalue weighted by Crippen LogP contribution is 2.26. The van der Waals surface area contributed by atoms with Crippen molar-refractivity contribution in [2.24, 2.45) is 0 Å². The summed E-state index contributed by atoms with van der Waals surface area (Å²) in [5.74, 6) is -0.420. The van der Waals surface area contributed by atoms with Crippen LogP contribution in [0.5, 0.6) is 0 Å². The number of aromatic amines is 2. The summed E-state index contributed by atoms with van der Waals surface area (Å²) in [7, 11) is 0. The van der Waals surface area contributed by atoms with Crippen LogP contribution < -0.4 is 5.32 Å². The van der Waals surface area contributed by atoms with Gasteiger partial charge in [0.25, 0.3) is 0 Å². The summed E-state index contributed by atoms with van der Waals surface area (Å²) in [6, 6.07) is 12.1. The highest BCUT2D eigenvalue weighted by Gasteiger charge is 2.36. The zero-order valence-corrected chi connectivity index (χ0v) is 17.9. The third-order valence-electron chi connectivity index (χ3n) is 6.40. The minimum Gasteiger partial charge on any atom is -0.361 e. The van der Waals surface area contributed by atoms with Crippen LogP contribution >= 0.6 is 0 Å². The van der Waals surface area contributed by atoms with Crippen LogP contribution in [0.3, 0.4) is 0 Å². The Morgan fingerprint density at radius 2 is 2.03 bits per heavy atom. The van der Waals surface area contributed by atoms with Crippen LogP contribution in [0, 0.1) is 12.7 Å². The third-order valence-corrected chi connectivity index (χ3v) is 6.40. The second-order valence-corrected chi connectivity index (χ2v) is 8.40. The van der Waals surface area contributed by atoms with E-state index in [1.54, 1.807) is 11.0 Å². The maximum atomic E-state index is 13.7. The molecule has 1 aliphatic rings. The summed E-state index contributed by atoms with van der Waals surface area (Å²) < 4.78 is 13.7. The number of benzene rings is 2. The van der Waals surface area contributed by atoms with Crippen molar-refractivity contribution in [2.45, 2.75) is 38.8 Å². The van der Waals surface area contributed by atoms with Gasteiger partial charge in [0.1, 0.15) is 11.9 Å². The lowest BCUT2D eigenvalue weighted by molar-refractivity contribution is -0.135. The number of nitrogens with one attached hydrogen (secondary N) is 3. The largest absolute Gasteiger partial charge is 0.361 e. The molecule has 2 aromatic carbocycles. The van der Waals surface area contributed by atoms with E-state index in [-0.39, 0.29) is 17.6 Å². The molecule has 1 unspecified atom stereocenters. The van der Waals surface area contributed by atoms with E-state index in [0.29, 0.717) is 32.4 Å². The van der Waals surface area contributed by atoms with Crippen molar-refractivity contribution in [1.29, 1.82) is 0 Å². The van der Waals surface area contributed by atoms with Gasteiger partial charge >= 0.3 is 0 Å². The minimum absolute atomic E-state index is 0.00150. The van der Waals surface area contributed by atoms with Gasteiger partial charge in [0.15, 0.2) is 0 Å². The number of aromatic nitrogens is 2. The summed E-state index contributed by atoms with van der Waals surface area (Å²) in [4.78, 5) is 33.6. The Labute approximate surface area is 184 Å². The van der Waals surface area contributed by atoms with E-state index in [1.165, 1.54) is 12.1 Å². The smallest absolute Gasteiger partial charge is 0.242 e. The standard InChI is InChI=1S/C25H25FN4O2/c1-15-18(20-12-17(26)6-7-22(20)29-15)10-11-27-25(32)23-8-9-24(31)30(23)14-16-13-28-21-5-3-2-4-19(16)21/h2-7,12-13,23,28-29H,8-11,14H2,1H3,(H,27,32). The molecule has 1 aliphatic heterocycles. The fourth-order valence-corrected chi connectivity index (χ4v) is 4.76. The number of carbonyl (C=O) groups excluding carboxylic acids is 2. The quantitative estimate of drug-likeness (QED) is 0.431. The second kappa shape index (κ2) is 8.15. The maximum Gasteiger partial charge on any atom is 0.242 e. The highest BCUT2D eigenvalue weighted by atomic mass is 19.1. The number of H-pyrrole nitrogens is 2. The Hall–Kier alpha value is -3.61. The van der Waals surface area contributed by atoms with Crippen LogP contribution in [0.2, 0.25) is 0 Å². The van der Waals surface area contributed by atoms with Crippen molar-refractivity contribution in [3.63, 3.8) is 0 Å². The zero-order valence-electron chi connectivity index (χ0n) is 17.9. The highest BCUT2D eigenvalue weighted by molar-refractivity contribution is 5.91. The van der Waals surface area contributed by atoms with Gasteiger partial charge in [0.2, 0.25) is 11.8 Å². The molecule has 0 aliphatic carbocycles. The van der Waals surface area contributed by atoms with Gasteiger partial charge in [-0.15, -0.1) is 0 Å². The van der Waals surface area contributed by atoms with Crippen molar-refractivity contribution in [1.82, 2.24) is 20.2 Å². The molecule has 1 fully saturated rings. The first-order chi connectivity index (χ1) is 15.5. The number of halogens is 1. The number of carbonyl (C=O) groups is 2. The lowest BCUT2D eigenvalue weighted by Gasteiger charge is -2.24. The van der Waals surface area contributed by atoms with Crippen LogP contribution in [0.4, 0.5) is 4.39 Å². The Morgan fingerprint density at radius 1 is 1.19 bits per heavy atom. The van der Waals surface area contributed by atoms with Gasteiger partial charge < -0.3 is 20.2 Å². The number of para-hydroxylation sites is 1. The van der Waals surface area contributed by atoms with Crippen LogP contribution in [0.1, 0.15) is 29.7 Å². The molecule has 0 saturated carbocycles. The molecule has 6 nitrogen and oxygen atoms in total. The van der Waals surface area contributed by atoms with E-state index in [9.17, 15) is 14.0 Å². The maximum absolute atomic E-state index is 13.7. The van der Waals surface area contributed by atoms with Crippen molar-refractivity contribution >= 4 is 33.6 Å². The monoisotopic (exact) mass is 432 g/mol. The van der Waals surface area contributed by atoms with Gasteiger partial charge in [-0.05, 0) is 55.2 Å². The average molecular weight is 432 g/mol. The predicted molar refractivity (Wildman–Crippen MR) is 122 cm³/mol. The lowest BCUT2D eigenvalue weighted by Crippen LogP contribution is -2.44. The van der Waals surface area contributed by atoms with Crippen molar-refractivity contribution < 1.29 is 14.0 Å². The molecule has 5 rings (SSSR count). The molecular weight excluding hydrogens is 407 g/mol. The molecule has 1 atom stereocenters. The van der Waals surface area contributed by atoms with E-state index >= 15 is 0 Å². The zero-order chi connectivity index (χ0) is 22.2. The summed E-state index contributed by atoms with van der Waals surface area (Å²) >= 11 is 0. The van der Waals surface area contributed by atoms with Crippen molar-refractivity contribution in [2.75, 3.05) is 6.54 Å². The average Bonchev–Trinajstić information content (AvgIpc) is 3.45. The SMILES string of the molecule is Cc1[nH]c2ccc(F)cc2c1CCNC(=O)C1CCC(=O)N1Cc1c[nH]c2ccccc12. The molecule has 2 aromatic heterocycles. The van der Waals surface area contributed by atoms with Crippen LogP contribution in [0.15, 0.2) is 48.7 Å². The summed E-state index contributed by atoms with van der Waals surface area (Å²) in [6.45, 7) is 2.78. The molecule has 164 valence electrons. The first-order valence-corrected chi connectivity index (χ1v) is 10.9. The molecule has 0 spiro atoms. The van der Waals surface area contributed by atoms with Crippen molar-refractivity contribution in [3.05, 3.63) is 71.3 Å². The Bertz CT molecular complexity index is 1320. The summed E-state index contributed by atoms with van der Waals surface area (Å²) in [5, 5.41) is 4.89. The molecule has 3 N–H and O–H groups in total. The first-order valence-electron chi connectivity index (χ1n) is 10.9. The Balaban J connectivity index is 1.26. The molecule has 0 bridgehead atoms. The predicted octanol–water partition coefficient (Wildman–Crippen LogP) is 3.95. The van der Waals surface area contributed by atoms with E-state index < -0.39 is 6.04 Å². The topological polar surface area (TPSA) is 81.0 Å². The summed E-state index contributed by atoms with van der Waals surface area (Å²) in [6.07, 6.45) is 3.39. The lowest BCUT2D eigenvalue weighted by atomic mass is 10.1. The molecule has 1 saturated heterocycles. The van der Waals surface area contributed by atoms with Crippen LogP contribution in [0.25, 0.3) is 21.8 Å². The van der Waals surface area contributed by atoms with Gasteiger partial charge in [0, 0.05) is 53.2 Å². The normalized spacial score (nSPS) is 16.4. The van der Waals surface area contributed by atoms with E-state index in [4.69, 9.17) is 0 Å².